The average molecular weight is 393 g/mol. The lowest BCUT2D eigenvalue weighted by molar-refractivity contribution is -0.114. The van der Waals surface area contributed by atoms with Crippen molar-refractivity contribution in [2.75, 3.05) is 10.6 Å². The van der Waals surface area contributed by atoms with Crippen molar-refractivity contribution in [3.05, 3.63) is 40.9 Å². The van der Waals surface area contributed by atoms with Crippen LogP contribution in [0.5, 0.6) is 0 Å². The van der Waals surface area contributed by atoms with E-state index in [4.69, 9.17) is 10.2 Å². The molecule has 0 unspecified atom stereocenters. The van der Waals surface area contributed by atoms with Gasteiger partial charge in [0, 0.05) is 23.7 Å². The van der Waals surface area contributed by atoms with Gasteiger partial charge in [-0.25, -0.2) is 14.6 Å². The first-order valence-corrected chi connectivity index (χ1v) is 8.70. The van der Waals surface area contributed by atoms with Gasteiger partial charge in [-0.15, -0.1) is 11.3 Å². The standard InChI is InChI=1S/C16H19N5O5S/c1-9(22)18-14-17-8-12(27-14)7-4-10-2-5-11(6-3-10)19-13(20-15(23)24)21-16(25)26/h2-3,5-6,8,13,19-21H,4,7H2,1H3,(H,23,24)(H,25,26)(H,17,18,22). The summed E-state index contributed by atoms with van der Waals surface area (Å²) >= 11 is 1.42. The normalized spacial score (nSPS) is 10.3. The fraction of sp³-hybridized carbons (Fsp3) is 0.250. The second-order valence-electron chi connectivity index (χ2n) is 5.49. The molecule has 0 saturated carbocycles. The second-order valence-corrected chi connectivity index (χ2v) is 6.60. The predicted molar refractivity (Wildman–Crippen MR) is 100.0 cm³/mol. The van der Waals surface area contributed by atoms with Crippen molar-refractivity contribution < 1.29 is 24.6 Å². The Kier molecular flexibility index (Phi) is 6.94. The molecule has 6 N–H and O–H groups in total. The number of rotatable bonds is 8. The van der Waals surface area contributed by atoms with Gasteiger partial charge in [0.15, 0.2) is 11.4 Å². The Labute approximate surface area is 158 Å². The molecule has 0 aliphatic heterocycles. The number of thiazole rings is 1. The SMILES string of the molecule is CC(=O)Nc1ncc(CCc2ccc(NC(NC(=O)O)NC(=O)O)cc2)s1. The first kappa shape index (κ1) is 20.0. The number of carbonyl (C=O) groups excluding carboxylic acids is 1. The summed E-state index contributed by atoms with van der Waals surface area (Å²) in [6.07, 6.45) is -0.650. The predicted octanol–water partition coefficient (Wildman–Crippen LogP) is 2.12. The number of amides is 3. The van der Waals surface area contributed by atoms with E-state index < -0.39 is 18.5 Å². The number of carbonyl (C=O) groups is 3. The minimum absolute atomic E-state index is 0.160. The molecule has 0 fully saturated rings. The quantitative estimate of drug-likeness (QED) is 0.376. The molecular formula is C16H19N5O5S. The molecule has 3 amide bonds. The first-order chi connectivity index (χ1) is 12.8. The number of hydrogen-bond acceptors (Lipinski definition) is 6. The van der Waals surface area contributed by atoms with Gasteiger partial charge in [0.05, 0.1) is 0 Å². The zero-order chi connectivity index (χ0) is 19.8. The van der Waals surface area contributed by atoms with Gasteiger partial charge in [0.25, 0.3) is 0 Å². The maximum absolute atomic E-state index is 11.0. The highest BCUT2D eigenvalue weighted by molar-refractivity contribution is 7.15. The molecule has 0 radical (unpaired) electrons. The van der Waals surface area contributed by atoms with Crippen molar-refractivity contribution in [2.24, 2.45) is 0 Å². The fourth-order valence-corrected chi connectivity index (χ4v) is 3.05. The van der Waals surface area contributed by atoms with Crippen LogP contribution >= 0.6 is 11.3 Å². The number of nitrogens with zero attached hydrogens (tertiary/aromatic N) is 1. The Morgan fingerprint density at radius 1 is 1.07 bits per heavy atom. The molecule has 0 aliphatic carbocycles. The Hall–Kier alpha value is -3.34. The number of carboxylic acid groups (broad SMARTS) is 2. The van der Waals surface area contributed by atoms with Gasteiger partial charge in [-0.2, -0.15) is 0 Å². The van der Waals surface area contributed by atoms with E-state index in [1.165, 1.54) is 18.3 Å². The number of benzene rings is 1. The highest BCUT2D eigenvalue weighted by Crippen LogP contribution is 2.20. The smallest absolute Gasteiger partial charge is 0.407 e. The zero-order valence-electron chi connectivity index (χ0n) is 14.4. The molecular weight excluding hydrogens is 374 g/mol. The fourth-order valence-electron chi connectivity index (χ4n) is 2.19. The average Bonchev–Trinajstić information content (AvgIpc) is 2.99. The number of aryl methyl sites for hydroxylation is 2. The third-order valence-electron chi connectivity index (χ3n) is 3.30. The molecule has 1 heterocycles. The summed E-state index contributed by atoms with van der Waals surface area (Å²) in [5.41, 5.74) is 1.60. The summed E-state index contributed by atoms with van der Waals surface area (Å²) in [4.78, 5) is 37.6. The van der Waals surface area contributed by atoms with Gasteiger partial charge in [-0.05, 0) is 30.5 Å². The lowest BCUT2D eigenvalue weighted by atomic mass is 10.1. The summed E-state index contributed by atoms with van der Waals surface area (Å²) in [5, 5.41) is 27.4. The minimum Gasteiger partial charge on any atom is -0.465 e. The molecule has 0 saturated heterocycles. The van der Waals surface area contributed by atoms with Crippen LogP contribution < -0.4 is 21.3 Å². The maximum atomic E-state index is 11.0. The largest absolute Gasteiger partial charge is 0.465 e. The maximum Gasteiger partial charge on any atom is 0.407 e. The molecule has 0 spiro atoms. The van der Waals surface area contributed by atoms with E-state index in [1.54, 1.807) is 18.3 Å². The Morgan fingerprint density at radius 2 is 1.70 bits per heavy atom. The lowest BCUT2D eigenvalue weighted by Gasteiger charge is -2.19. The summed E-state index contributed by atoms with van der Waals surface area (Å²) in [6.45, 7) is 1.43. The number of hydrogen-bond donors (Lipinski definition) is 6. The number of anilines is 2. The summed E-state index contributed by atoms with van der Waals surface area (Å²) in [5.74, 6) is -0.160. The minimum atomic E-state index is -1.36. The number of nitrogens with one attached hydrogen (secondary N) is 4. The third kappa shape index (κ3) is 7.20. The molecule has 0 atom stereocenters. The second kappa shape index (κ2) is 9.38. The third-order valence-corrected chi connectivity index (χ3v) is 4.27. The molecule has 2 rings (SSSR count). The van der Waals surface area contributed by atoms with Crippen LogP contribution in [0.1, 0.15) is 17.4 Å². The topological polar surface area (TPSA) is 153 Å². The molecule has 11 heteroatoms. The van der Waals surface area contributed by atoms with Gasteiger partial charge in [0.2, 0.25) is 5.91 Å². The van der Waals surface area contributed by atoms with Crippen LogP contribution in [0.15, 0.2) is 30.5 Å². The molecule has 0 bridgehead atoms. The highest BCUT2D eigenvalue weighted by atomic mass is 32.1. The Bertz CT molecular complexity index is 792. The van der Waals surface area contributed by atoms with Crippen molar-refractivity contribution >= 4 is 40.2 Å². The molecule has 10 nitrogen and oxygen atoms in total. The van der Waals surface area contributed by atoms with Crippen LogP contribution in [0.4, 0.5) is 20.4 Å². The molecule has 144 valence electrons. The van der Waals surface area contributed by atoms with Gasteiger partial charge < -0.3 is 20.8 Å². The van der Waals surface area contributed by atoms with Crippen LogP contribution in [-0.2, 0) is 17.6 Å². The first-order valence-electron chi connectivity index (χ1n) is 7.88. The van der Waals surface area contributed by atoms with Crippen molar-refractivity contribution in [1.29, 1.82) is 0 Å². The van der Waals surface area contributed by atoms with Crippen LogP contribution in [0.3, 0.4) is 0 Å². The zero-order valence-corrected chi connectivity index (χ0v) is 15.2. The van der Waals surface area contributed by atoms with E-state index >= 15 is 0 Å². The molecule has 0 aliphatic rings. The molecule has 1 aromatic heterocycles. The van der Waals surface area contributed by atoms with E-state index in [0.29, 0.717) is 10.8 Å². The van der Waals surface area contributed by atoms with Crippen LogP contribution in [0, 0.1) is 0 Å². The monoisotopic (exact) mass is 393 g/mol. The van der Waals surface area contributed by atoms with E-state index in [0.717, 1.165) is 23.3 Å². The summed E-state index contributed by atoms with van der Waals surface area (Å²) < 4.78 is 0. The number of aromatic nitrogens is 1. The van der Waals surface area contributed by atoms with Crippen molar-refractivity contribution in [1.82, 2.24) is 15.6 Å². The van der Waals surface area contributed by atoms with Crippen LogP contribution in [0.25, 0.3) is 0 Å². The Morgan fingerprint density at radius 3 is 2.26 bits per heavy atom. The highest BCUT2D eigenvalue weighted by Gasteiger charge is 2.13. The summed E-state index contributed by atoms with van der Waals surface area (Å²) in [6, 6.07) is 7.17. The van der Waals surface area contributed by atoms with Gasteiger partial charge in [0.1, 0.15) is 0 Å². The van der Waals surface area contributed by atoms with Gasteiger partial charge >= 0.3 is 12.2 Å². The van der Waals surface area contributed by atoms with Gasteiger partial charge in [-0.3, -0.25) is 15.4 Å². The molecule has 27 heavy (non-hydrogen) atoms. The van der Waals surface area contributed by atoms with E-state index in [1.807, 2.05) is 22.8 Å². The van der Waals surface area contributed by atoms with Crippen LogP contribution in [-0.4, -0.2) is 39.6 Å². The van der Waals surface area contributed by atoms with Gasteiger partial charge in [-0.1, -0.05) is 12.1 Å². The van der Waals surface area contributed by atoms with E-state index in [2.05, 4.69) is 15.6 Å². The lowest BCUT2D eigenvalue weighted by Crippen LogP contribution is -2.52. The van der Waals surface area contributed by atoms with Crippen molar-refractivity contribution in [3.8, 4) is 0 Å². The molecule has 2 aromatic rings. The van der Waals surface area contributed by atoms with Crippen molar-refractivity contribution in [3.63, 3.8) is 0 Å². The Balaban J connectivity index is 1.90. The van der Waals surface area contributed by atoms with Crippen LogP contribution in [0.2, 0.25) is 0 Å². The van der Waals surface area contributed by atoms with E-state index in [-0.39, 0.29) is 5.91 Å². The summed E-state index contributed by atoms with van der Waals surface area (Å²) in [7, 11) is 0. The van der Waals surface area contributed by atoms with Crippen molar-refractivity contribution in [2.45, 2.75) is 26.1 Å². The van der Waals surface area contributed by atoms with E-state index in [9.17, 15) is 14.4 Å². The molecule has 1 aromatic carbocycles.